The van der Waals surface area contributed by atoms with E-state index in [-0.39, 0.29) is 22.5 Å². The smallest absolute Gasteiger partial charge is 0.265 e. The Balaban J connectivity index is 2.12. The van der Waals surface area contributed by atoms with E-state index in [0.29, 0.717) is 0 Å². The molecule has 0 N–H and O–H groups in total. The fourth-order valence-electron chi connectivity index (χ4n) is 3.07. The van der Waals surface area contributed by atoms with E-state index in [0.717, 1.165) is 27.1 Å². The number of rotatable bonds is 2. The van der Waals surface area contributed by atoms with Gasteiger partial charge in [-0.3, -0.25) is 19.4 Å². The number of likely N-dealkylation sites (N-methyl/N-ethyl adjacent to an activating group) is 2. The number of benzene rings is 1. The monoisotopic (exact) mass is 431 g/mol. The molecular weight excluding hydrogens is 414 g/mol. The third kappa shape index (κ3) is 2.91. The van der Waals surface area contributed by atoms with Gasteiger partial charge in [-0.25, -0.2) is 0 Å². The average Bonchev–Trinajstić information content (AvgIpc) is 2.89. The van der Waals surface area contributed by atoms with Crippen LogP contribution in [0.15, 0.2) is 40.4 Å². The molecule has 2 heterocycles. The van der Waals surface area contributed by atoms with E-state index < -0.39 is 0 Å². The quantitative estimate of drug-likeness (QED) is 0.415. The van der Waals surface area contributed by atoms with E-state index in [1.165, 1.54) is 9.80 Å². The average molecular weight is 432 g/mol. The zero-order valence-corrected chi connectivity index (χ0v) is 17.3. The number of para-hydroxylation sites is 1. The van der Waals surface area contributed by atoms with Gasteiger partial charge in [0.15, 0.2) is 5.11 Å². The number of hydrogen-bond donors (Lipinski definition) is 0. The Morgan fingerprint density at radius 1 is 1.04 bits per heavy atom. The molecular formula is C19H18BrN3O2S. The van der Waals surface area contributed by atoms with Crippen molar-refractivity contribution in [1.82, 2.24) is 14.4 Å². The normalized spacial score (nSPS) is 15.1. The van der Waals surface area contributed by atoms with Crippen molar-refractivity contribution >= 4 is 51.2 Å². The Morgan fingerprint density at radius 3 is 2.19 bits per heavy atom. The molecule has 26 heavy (non-hydrogen) atoms. The summed E-state index contributed by atoms with van der Waals surface area (Å²) in [5.41, 5.74) is 3.89. The molecule has 3 rings (SSSR count). The number of hydrogen-bond acceptors (Lipinski definition) is 3. The molecule has 5 nitrogen and oxygen atoms in total. The van der Waals surface area contributed by atoms with E-state index in [2.05, 4.69) is 20.5 Å². The van der Waals surface area contributed by atoms with Gasteiger partial charge in [0.05, 0.1) is 5.69 Å². The second kappa shape index (κ2) is 6.81. The van der Waals surface area contributed by atoms with Crippen molar-refractivity contribution in [2.24, 2.45) is 0 Å². The molecule has 7 heteroatoms. The summed E-state index contributed by atoms with van der Waals surface area (Å²) in [7, 11) is 3.15. The topological polar surface area (TPSA) is 45.6 Å². The van der Waals surface area contributed by atoms with Crippen molar-refractivity contribution in [2.45, 2.75) is 13.8 Å². The molecule has 2 amide bonds. The molecule has 1 fully saturated rings. The Labute approximate surface area is 166 Å². The maximum Gasteiger partial charge on any atom is 0.265 e. The van der Waals surface area contributed by atoms with Crippen molar-refractivity contribution in [3.63, 3.8) is 0 Å². The van der Waals surface area contributed by atoms with Crippen LogP contribution in [0.1, 0.15) is 17.0 Å². The van der Waals surface area contributed by atoms with E-state index in [4.69, 9.17) is 12.2 Å². The van der Waals surface area contributed by atoms with Gasteiger partial charge in [-0.2, -0.15) is 0 Å². The maximum absolute atomic E-state index is 12.5. The summed E-state index contributed by atoms with van der Waals surface area (Å²) in [4.78, 5) is 27.7. The first kappa shape index (κ1) is 18.5. The molecule has 0 aliphatic carbocycles. The van der Waals surface area contributed by atoms with Gasteiger partial charge >= 0.3 is 0 Å². The van der Waals surface area contributed by atoms with Crippen LogP contribution in [-0.2, 0) is 9.59 Å². The van der Waals surface area contributed by atoms with E-state index in [1.54, 1.807) is 20.2 Å². The van der Waals surface area contributed by atoms with Gasteiger partial charge in [-0.1, -0.05) is 12.1 Å². The molecule has 0 saturated carbocycles. The zero-order chi connectivity index (χ0) is 19.2. The first-order valence-corrected chi connectivity index (χ1v) is 9.19. The third-order valence-electron chi connectivity index (χ3n) is 4.51. The lowest BCUT2D eigenvalue weighted by atomic mass is 10.1. The second-order valence-electron chi connectivity index (χ2n) is 6.18. The van der Waals surface area contributed by atoms with Crippen molar-refractivity contribution in [2.75, 3.05) is 14.1 Å². The van der Waals surface area contributed by atoms with Gasteiger partial charge in [0.1, 0.15) is 5.57 Å². The highest BCUT2D eigenvalue weighted by atomic mass is 79.9. The first-order chi connectivity index (χ1) is 12.2. The van der Waals surface area contributed by atoms with Crippen molar-refractivity contribution in [1.29, 1.82) is 0 Å². The minimum atomic E-state index is -0.385. The number of halogens is 1. The standard InChI is InChI=1S/C19H18BrN3O2S/c1-11-9-13(12(2)23(11)16-8-6-5-7-15(16)20)10-14-17(24)21(3)19(26)22(4)18(14)25/h5-10H,1-4H3. The van der Waals surface area contributed by atoms with Crippen LogP contribution in [0, 0.1) is 13.8 Å². The molecule has 134 valence electrons. The molecule has 1 aromatic heterocycles. The van der Waals surface area contributed by atoms with Crippen LogP contribution in [0.25, 0.3) is 11.8 Å². The minimum Gasteiger partial charge on any atom is -0.317 e. The summed E-state index contributed by atoms with van der Waals surface area (Å²) >= 11 is 8.70. The van der Waals surface area contributed by atoms with E-state index in [9.17, 15) is 9.59 Å². The predicted molar refractivity (Wildman–Crippen MR) is 109 cm³/mol. The zero-order valence-electron chi connectivity index (χ0n) is 14.9. The number of thiocarbonyl (C=S) groups is 1. The molecule has 0 atom stereocenters. The second-order valence-corrected chi connectivity index (χ2v) is 7.40. The summed E-state index contributed by atoms with van der Waals surface area (Å²) in [6.45, 7) is 3.96. The van der Waals surface area contributed by atoms with E-state index >= 15 is 0 Å². The van der Waals surface area contributed by atoms with Gasteiger partial charge < -0.3 is 4.57 Å². The summed E-state index contributed by atoms with van der Waals surface area (Å²) in [5, 5.41) is 0.204. The molecule has 0 unspecified atom stereocenters. The fourth-order valence-corrected chi connectivity index (χ4v) is 3.70. The summed E-state index contributed by atoms with van der Waals surface area (Å²) in [6, 6.07) is 9.88. The molecule has 0 spiro atoms. The predicted octanol–water partition coefficient (Wildman–Crippen LogP) is 3.46. The largest absolute Gasteiger partial charge is 0.317 e. The van der Waals surface area contributed by atoms with Gasteiger partial charge in [0, 0.05) is 30.0 Å². The fraction of sp³-hybridized carbons (Fsp3) is 0.211. The Hall–Kier alpha value is -2.25. The molecule has 2 aromatic rings. The van der Waals surface area contributed by atoms with Crippen LogP contribution in [0.2, 0.25) is 0 Å². The highest BCUT2D eigenvalue weighted by Crippen LogP contribution is 2.28. The SMILES string of the molecule is Cc1cc(C=C2C(=O)N(C)C(=S)N(C)C2=O)c(C)n1-c1ccccc1Br. The van der Waals surface area contributed by atoms with Crippen molar-refractivity contribution < 1.29 is 9.59 Å². The molecule has 0 radical (unpaired) electrons. The lowest BCUT2D eigenvalue weighted by Crippen LogP contribution is -2.52. The number of carbonyl (C=O) groups is 2. The number of carbonyl (C=O) groups excluding carboxylic acids is 2. The van der Waals surface area contributed by atoms with Gasteiger partial charge in [0.2, 0.25) is 0 Å². The maximum atomic E-state index is 12.5. The molecule has 1 aromatic carbocycles. The van der Waals surface area contributed by atoms with Crippen LogP contribution >= 0.6 is 28.1 Å². The van der Waals surface area contributed by atoms with Crippen molar-refractivity contribution in [3.8, 4) is 5.69 Å². The van der Waals surface area contributed by atoms with Gasteiger partial charge in [-0.05, 0) is 71.8 Å². The first-order valence-electron chi connectivity index (χ1n) is 7.99. The number of aromatic nitrogens is 1. The lowest BCUT2D eigenvalue weighted by molar-refractivity contribution is -0.132. The Kier molecular flexibility index (Phi) is 4.86. The Morgan fingerprint density at radius 2 is 1.62 bits per heavy atom. The molecule has 0 bridgehead atoms. The number of nitrogens with zero attached hydrogens (tertiary/aromatic N) is 3. The molecule has 1 saturated heterocycles. The van der Waals surface area contributed by atoms with E-state index in [1.807, 2.05) is 44.2 Å². The van der Waals surface area contributed by atoms with Crippen LogP contribution in [0.3, 0.4) is 0 Å². The summed E-state index contributed by atoms with van der Waals surface area (Å²) in [5.74, 6) is -0.771. The highest BCUT2D eigenvalue weighted by molar-refractivity contribution is 9.10. The van der Waals surface area contributed by atoms with Crippen LogP contribution < -0.4 is 0 Å². The Bertz CT molecular complexity index is 951. The van der Waals surface area contributed by atoms with Crippen molar-refractivity contribution in [3.05, 3.63) is 57.3 Å². The summed E-state index contributed by atoms with van der Waals surface area (Å²) in [6.07, 6.45) is 1.65. The minimum absolute atomic E-state index is 0.107. The van der Waals surface area contributed by atoms with Crippen LogP contribution in [-0.4, -0.2) is 45.4 Å². The van der Waals surface area contributed by atoms with Gasteiger partial charge in [0.25, 0.3) is 11.8 Å². The lowest BCUT2D eigenvalue weighted by Gasteiger charge is -2.31. The highest BCUT2D eigenvalue weighted by Gasteiger charge is 2.35. The van der Waals surface area contributed by atoms with Gasteiger partial charge in [-0.15, -0.1) is 0 Å². The number of amides is 2. The molecule has 1 aliphatic heterocycles. The third-order valence-corrected chi connectivity index (χ3v) is 5.73. The van der Waals surface area contributed by atoms with Crippen LogP contribution in [0.5, 0.6) is 0 Å². The number of aryl methyl sites for hydroxylation is 1. The molecule has 1 aliphatic rings. The summed E-state index contributed by atoms with van der Waals surface area (Å²) < 4.78 is 3.06. The van der Waals surface area contributed by atoms with Crippen LogP contribution in [0.4, 0.5) is 0 Å².